The van der Waals surface area contributed by atoms with Gasteiger partial charge in [0.25, 0.3) is 0 Å². The van der Waals surface area contributed by atoms with E-state index in [0.29, 0.717) is 21.5 Å². The Morgan fingerprint density at radius 1 is 0.946 bits per heavy atom. The number of nitrogens with zero attached hydrogens (tertiary/aromatic N) is 2. The number of Topliss-reactive ketones (excluding diaryl/α,β-unsaturated/α-hetero) is 1. The molecule has 3 aromatic carbocycles. The summed E-state index contributed by atoms with van der Waals surface area (Å²) < 4.78 is 5.98. The monoisotopic (exact) mass is 556 g/mol. The van der Waals surface area contributed by atoms with Crippen LogP contribution in [0.15, 0.2) is 71.3 Å². The Kier molecular flexibility index (Phi) is 5.57. The van der Waals surface area contributed by atoms with Crippen molar-refractivity contribution in [1.82, 2.24) is 4.90 Å². The fourth-order valence-corrected chi connectivity index (χ4v) is 6.68. The summed E-state index contributed by atoms with van der Waals surface area (Å²) in [6.07, 6.45) is 3.82. The smallest absolute Gasteiger partial charge is 0.240 e. The number of amides is 2. The lowest BCUT2D eigenvalue weighted by atomic mass is 9.83. The summed E-state index contributed by atoms with van der Waals surface area (Å²) in [6, 6.07) is 17.5. The van der Waals surface area contributed by atoms with Crippen molar-refractivity contribution in [3.05, 3.63) is 99.2 Å². The zero-order valence-corrected chi connectivity index (χ0v) is 22.2. The van der Waals surface area contributed by atoms with Gasteiger partial charge in [-0.05, 0) is 76.8 Å². The Morgan fingerprint density at radius 3 is 2.43 bits per heavy atom. The maximum absolute atomic E-state index is 14.1. The third kappa shape index (κ3) is 3.48. The average molecular weight is 557 g/mol. The molecule has 3 aliphatic rings. The first-order valence-electron chi connectivity index (χ1n) is 12.2. The molecule has 0 saturated carbocycles. The molecule has 3 aromatic rings. The molecule has 6 rings (SSSR count). The van der Waals surface area contributed by atoms with Crippen LogP contribution in [0.5, 0.6) is 5.75 Å². The third-order valence-corrected chi connectivity index (χ3v) is 8.38. The number of hydrogen-bond donors (Lipinski definition) is 0. The number of fused-ring (bicyclic) bond motifs is 5. The van der Waals surface area contributed by atoms with E-state index in [4.69, 9.17) is 4.74 Å². The molecule has 4 atom stereocenters. The molecule has 6 nitrogen and oxygen atoms in total. The SMILES string of the molecule is COc1ccc(C(=O)[C@@H]2[C@@H]3C(=O)N(c4ccc(C)cc4C)C(=O)[C@@H]3[C@@H]3c4ccccc4C=CN23)cc1Br. The molecule has 0 unspecified atom stereocenters. The van der Waals surface area contributed by atoms with Crippen molar-refractivity contribution in [2.45, 2.75) is 25.9 Å². The number of carbonyl (C=O) groups excluding carboxylic acids is 3. The molecule has 186 valence electrons. The minimum Gasteiger partial charge on any atom is -0.496 e. The number of rotatable bonds is 4. The number of aryl methyl sites for hydroxylation is 2. The number of carbonyl (C=O) groups is 3. The van der Waals surface area contributed by atoms with Gasteiger partial charge in [0.05, 0.1) is 35.1 Å². The fourth-order valence-electron chi connectivity index (χ4n) is 6.14. The maximum Gasteiger partial charge on any atom is 0.240 e. The molecule has 0 aliphatic carbocycles. The van der Waals surface area contributed by atoms with Crippen molar-refractivity contribution in [1.29, 1.82) is 0 Å². The second kappa shape index (κ2) is 8.70. The van der Waals surface area contributed by atoms with E-state index in [1.54, 1.807) is 25.3 Å². The van der Waals surface area contributed by atoms with E-state index in [0.717, 1.165) is 22.3 Å². The van der Waals surface area contributed by atoms with E-state index >= 15 is 0 Å². The van der Waals surface area contributed by atoms with Gasteiger partial charge in [0, 0.05) is 11.8 Å². The van der Waals surface area contributed by atoms with Crippen LogP contribution < -0.4 is 9.64 Å². The number of benzene rings is 3. The van der Waals surface area contributed by atoms with Gasteiger partial charge in [0.1, 0.15) is 11.8 Å². The Hall–Kier alpha value is -3.71. The molecule has 0 spiro atoms. The van der Waals surface area contributed by atoms with Crippen molar-refractivity contribution in [2.75, 3.05) is 12.0 Å². The quantitative estimate of drug-likeness (QED) is 0.314. The summed E-state index contributed by atoms with van der Waals surface area (Å²) in [7, 11) is 1.56. The predicted molar refractivity (Wildman–Crippen MR) is 144 cm³/mol. The standard InChI is InChI=1S/C30H25BrN2O4/c1-16-8-10-22(17(2)14-16)33-29(35)24-25(30(33)36)27(28(34)19-9-11-23(37-3)21(31)15-19)32-13-12-18-6-4-5-7-20(18)26(24)32/h4-15,24-27H,1-3H3/t24-,25+,26-,27-/m0/s1. The highest BCUT2D eigenvalue weighted by molar-refractivity contribution is 9.10. The van der Waals surface area contributed by atoms with Gasteiger partial charge in [-0.1, -0.05) is 42.0 Å². The van der Waals surface area contributed by atoms with Crippen molar-refractivity contribution in [3.8, 4) is 5.75 Å². The van der Waals surface area contributed by atoms with Crippen molar-refractivity contribution in [2.24, 2.45) is 11.8 Å². The van der Waals surface area contributed by atoms with Gasteiger partial charge < -0.3 is 9.64 Å². The first-order valence-corrected chi connectivity index (χ1v) is 13.0. The Balaban J connectivity index is 1.49. The summed E-state index contributed by atoms with van der Waals surface area (Å²) in [5.41, 5.74) is 4.89. The summed E-state index contributed by atoms with van der Waals surface area (Å²) in [6.45, 7) is 3.88. The van der Waals surface area contributed by atoms with Crippen LogP contribution in [0.3, 0.4) is 0 Å². The molecule has 0 bridgehead atoms. The largest absolute Gasteiger partial charge is 0.496 e. The molecule has 2 amide bonds. The molecule has 3 aliphatic heterocycles. The maximum atomic E-state index is 14.1. The van der Waals surface area contributed by atoms with E-state index in [1.807, 2.05) is 73.5 Å². The highest BCUT2D eigenvalue weighted by Gasteiger charge is 2.64. The van der Waals surface area contributed by atoms with Crippen LogP contribution >= 0.6 is 15.9 Å². The predicted octanol–water partition coefficient (Wildman–Crippen LogP) is 5.47. The number of imide groups is 1. The van der Waals surface area contributed by atoms with E-state index in [2.05, 4.69) is 15.9 Å². The fraction of sp³-hybridized carbons (Fsp3) is 0.233. The second-order valence-corrected chi connectivity index (χ2v) is 10.7. The van der Waals surface area contributed by atoms with Crippen molar-refractivity contribution in [3.63, 3.8) is 0 Å². The molecule has 37 heavy (non-hydrogen) atoms. The highest BCUT2D eigenvalue weighted by atomic mass is 79.9. The van der Waals surface area contributed by atoms with E-state index in [1.165, 1.54) is 4.90 Å². The van der Waals surface area contributed by atoms with E-state index < -0.39 is 23.9 Å². The van der Waals surface area contributed by atoms with Crippen molar-refractivity contribution < 1.29 is 19.1 Å². The lowest BCUT2D eigenvalue weighted by Gasteiger charge is -2.35. The normalized spacial score (nSPS) is 23.7. The summed E-state index contributed by atoms with van der Waals surface area (Å²) in [5.74, 6) is -1.65. The first kappa shape index (κ1) is 23.7. The number of ether oxygens (including phenoxy) is 1. The molecule has 0 N–H and O–H groups in total. The van der Waals surface area contributed by atoms with Gasteiger partial charge in [0.2, 0.25) is 11.8 Å². The van der Waals surface area contributed by atoms with E-state index in [-0.39, 0.29) is 17.6 Å². The summed E-state index contributed by atoms with van der Waals surface area (Å²) >= 11 is 3.47. The molecule has 7 heteroatoms. The van der Waals surface area contributed by atoms with E-state index in [9.17, 15) is 14.4 Å². The summed E-state index contributed by atoms with van der Waals surface area (Å²) in [5, 5.41) is 0. The first-order chi connectivity index (χ1) is 17.8. The van der Waals surface area contributed by atoms with Gasteiger partial charge in [-0.2, -0.15) is 0 Å². The van der Waals surface area contributed by atoms with Crippen LogP contribution in [0.1, 0.15) is 38.7 Å². The molecule has 2 saturated heterocycles. The zero-order valence-electron chi connectivity index (χ0n) is 20.6. The van der Waals surface area contributed by atoms with Crippen LogP contribution in [0.4, 0.5) is 5.69 Å². The van der Waals surface area contributed by atoms with Crippen LogP contribution in [0.2, 0.25) is 0 Å². The Bertz CT molecular complexity index is 1510. The van der Waals surface area contributed by atoms with Crippen LogP contribution in [0.25, 0.3) is 6.08 Å². The number of halogens is 1. The molecule has 0 radical (unpaired) electrons. The molecule has 3 heterocycles. The Labute approximate surface area is 223 Å². The minimum absolute atomic E-state index is 0.200. The van der Waals surface area contributed by atoms with Gasteiger partial charge in [0.15, 0.2) is 5.78 Å². The second-order valence-electron chi connectivity index (χ2n) is 9.85. The molecule has 0 aromatic heterocycles. The zero-order chi connectivity index (χ0) is 26.0. The number of anilines is 1. The number of methoxy groups -OCH3 is 1. The molecular weight excluding hydrogens is 532 g/mol. The summed E-state index contributed by atoms with van der Waals surface area (Å²) in [4.78, 5) is 45.5. The minimum atomic E-state index is -0.813. The number of hydrogen-bond acceptors (Lipinski definition) is 5. The molecular formula is C30H25BrN2O4. The van der Waals surface area contributed by atoms with Crippen LogP contribution in [-0.4, -0.2) is 35.6 Å². The topological polar surface area (TPSA) is 66.9 Å². The lowest BCUT2D eigenvalue weighted by molar-refractivity contribution is -0.123. The lowest BCUT2D eigenvalue weighted by Crippen LogP contribution is -2.44. The molecule has 2 fully saturated rings. The highest BCUT2D eigenvalue weighted by Crippen LogP contribution is 2.54. The van der Waals surface area contributed by atoms with Crippen molar-refractivity contribution >= 4 is 45.3 Å². The van der Waals surface area contributed by atoms with Gasteiger partial charge in [-0.3, -0.25) is 14.4 Å². The Morgan fingerprint density at radius 2 is 1.70 bits per heavy atom. The van der Waals surface area contributed by atoms with Gasteiger partial charge in [-0.15, -0.1) is 0 Å². The third-order valence-electron chi connectivity index (χ3n) is 7.76. The van der Waals surface area contributed by atoms with Gasteiger partial charge in [-0.25, -0.2) is 4.90 Å². The van der Waals surface area contributed by atoms with Gasteiger partial charge >= 0.3 is 0 Å². The van der Waals surface area contributed by atoms with Crippen LogP contribution in [0, 0.1) is 25.7 Å². The number of ketones is 1. The average Bonchev–Trinajstić information content (AvgIpc) is 3.36. The van der Waals surface area contributed by atoms with Crippen LogP contribution in [-0.2, 0) is 9.59 Å².